The molecule has 0 unspecified atom stereocenters. The predicted octanol–water partition coefficient (Wildman–Crippen LogP) is 3.45. The number of carbonyl (C=O) groups is 1. The summed E-state index contributed by atoms with van der Waals surface area (Å²) in [4.78, 5) is 25.0. The highest BCUT2D eigenvalue weighted by molar-refractivity contribution is 5.88. The zero-order chi connectivity index (χ0) is 20.3. The number of ether oxygens (including phenoxy) is 1. The van der Waals surface area contributed by atoms with Crippen LogP contribution in [0.1, 0.15) is 43.4 Å². The van der Waals surface area contributed by atoms with Gasteiger partial charge in [-0.3, -0.25) is 9.59 Å². The lowest BCUT2D eigenvalue weighted by atomic mass is 9.76. The van der Waals surface area contributed by atoms with Gasteiger partial charge < -0.3 is 10.1 Å². The number of nitrogens with one attached hydrogen (secondary N) is 2. The van der Waals surface area contributed by atoms with Gasteiger partial charge in [-0.2, -0.15) is 5.10 Å². The highest BCUT2D eigenvalue weighted by Gasteiger charge is 2.35. The standard InChI is InChI=1S/C23H25N3O3/c1-29-17-11-9-16(10-12-17)23(13-5-2-6-14-23)24-21(27)15-20-18-7-3-4-8-19(18)22(28)26-25-20/h3-4,7-12H,2,5-6,13-15H2,1H3,(H,24,27)(H,26,28). The molecule has 1 saturated carbocycles. The fourth-order valence-corrected chi connectivity index (χ4v) is 4.32. The number of benzene rings is 2. The lowest BCUT2D eigenvalue weighted by molar-refractivity contribution is -0.123. The van der Waals surface area contributed by atoms with Gasteiger partial charge in [0.2, 0.25) is 5.91 Å². The summed E-state index contributed by atoms with van der Waals surface area (Å²) in [5, 5.41) is 11.2. The molecule has 1 amide bonds. The van der Waals surface area contributed by atoms with E-state index in [1.54, 1.807) is 13.2 Å². The quantitative estimate of drug-likeness (QED) is 0.698. The minimum atomic E-state index is -0.375. The SMILES string of the molecule is COc1ccc(C2(NC(=O)Cc3n[nH]c(=O)c4ccccc34)CCCCC2)cc1. The summed E-state index contributed by atoms with van der Waals surface area (Å²) < 4.78 is 5.28. The maximum atomic E-state index is 13.0. The van der Waals surface area contributed by atoms with Gasteiger partial charge in [0.1, 0.15) is 5.75 Å². The van der Waals surface area contributed by atoms with Gasteiger partial charge in [-0.15, -0.1) is 0 Å². The van der Waals surface area contributed by atoms with Crippen LogP contribution in [0.25, 0.3) is 10.8 Å². The molecular weight excluding hydrogens is 366 g/mol. The molecule has 6 nitrogen and oxygen atoms in total. The first-order valence-electron chi connectivity index (χ1n) is 10.0. The summed E-state index contributed by atoms with van der Waals surface area (Å²) in [6.45, 7) is 0. The van der Waals surface area contributed by atoms with Crippen molar-refractivity contribution in [1.29, 1.82) is 0 Å². The zero-order valence-corrected chi connectivity index (χ0v) is 16.5. The maximum absolute atomic E-state index is 13.0. The fourth-order valence-electron chi connectivity index (χ4n) is 4.32. The lowest BCUT2D eigenvalue weighted by Gasteiger charge is -2.39. The van der Waals surface area contributed by atoms with Crippen LogP contribution in [0.5, 0.6) is 5.75 Å². The number of aromatic nitrogens is 2. The number of hydrogen-bond donors (Lipinski definition) is 2. The van der Waals surface area contributed by atoms with E-state index in [1.165, 1.54) is 6.42 Å². The molecule has 1 aliphatic rings. The van der Waals surface area contributed by atoms with Crippen LogP contribution < -0.4 is 15.6 Å². The number of fused-ring (bicyclic) bond motifs is 1. The van der Waals surface area contributed by atoms with Crippen molar-refractivity contribution in [3.05, 3.63) is 70.1 Å². The van der Waals surface area contributed by atoms with Gasteiger partial charge in [0.05, 0.1) is 30.1 Å². The van der Waals surface area contributed by atoms with E-state index in [4.69, 9.17) is 4.74 Å². The van der Waals surface area contributed by atoms with Gasteiger partial charge in [-0.25, -0.2) is 5.10 Å². The van der Waals surface area contributed by atoms with Gasteiger partial charge in [0, 0.05) is 5.39 Å². The van der Waals surface area contributed by atoms with Crippen LogP contribution in [0.3, 0.4) is 0 Å². The smallest absolute Gasteiger partial charge is 0.272 e. The Morgan fingerprint density at radius 2 is 1.76 bits per heavy atom. The summed E-state index contributed by atoms with van der Waals surface area (Å²) in [7, 11) is 1.65. The minimum absolute atomic E-state index is 0.0904. The zero-order valence-electron chi connectivity index (χ0n) is 16.5. The molecule has 4 rings (SSSR count). The third kappa shape index (κ3) is 3.88. The van der Waals surface area contributed by atoms with Crippen LogP contribution in [0.4, 0.5) is 0 Å². The largest absolute Gasteiger partial charge is 0.497 e. The average molecular weight is 391 g/mol. The summed E-state index contributed by atoms with van der Waals surface area (Å²) >= 11 is 0. The van der Waals surface area contributed by atoms with Crippen molar-refractivity contribution >= 4 is 16.7 Å². The van der Waals surface area contributed by atoms with Crippen LogP contribution >= 0.6 is 0 Å². The molecule has 1 aliphatic carbocycles. The number of rotatable bonds is 5. The van der Waals surface area contributed by atoms with E-state index in [0.29, 0.717) is 16.5 Å². The lowest BCUT2D eigenvalue weighted by Crippen LogP contribution is -2.47. The molecule has 150 valence electrons. The van der Waals surface area contributed by atoms with Crippen molar-refractivity contribution in [2.45, 2.75) is 44.1 Å². The number of hydrogen-bond acceptors (Lipinski definition) is 4. The first kappa shape index (κ1) is 19.2. The van der Waals surface area contributed by atoms with Crippen LogP contribution in [0, 0.1) is 0 Å². The Morgan fingerprint density at radius 1 is 1.07 bits per heavy atom. The Balaban J connectivity index is 1.61. The molecule has 6 heteroatoms. The summed E-state index contributed by atoms with van der Waals surface area (Å²) in [6.07, 6.45) is 5.27. The predicted molar refractivity (Wildman–Crippen MR) is 112 cm³/mol. The van der Waals surface area contributed by atoms with Gasteiger partial charge in [-0.05, 0) is 36.6 Å². The van der Waals surface area contributed by atoms with Gasteiger partial charge in [-0.1, -0.05) is 49.6 Å². The van der Waals surface area contributed by atoms with E-state index in [2.05, 4.69) is 15.5 Å². The van der Waals surface area contributed by atoms with Crippen LogP contribution in [0.15, 0.2) is 53.3 Å². The topological polar surface area (TPSA) is 84.1 Å². The summed E-state index contributed by atoms with van der Waals surface area (Å²) in [5.74, 6) is 0.711. The Kier molecular flexibility index (Phi) is 5.34. The van der Waals surface area contributed by atoms with E-state index in [0.717, 1.165) is 37.0 Å². The summed E-state index contributed by atoms with van der Waals surface area (Å²) in [6, 6.07) is 15.2. The molecule has 0 spiro atoms. The number of methoxy groups -OCH3 is 1. The second-order valence-electron chi connectivity index (χ2n) is 7.64. The Labute approximate surface area is 169 Å². The van der Waals surface area contributed by atoms with E-state index >= 15 is 0 Å². The maximum Gasteiger partial charge on any atom is 0.272 e. The van der Waals surface area contributed by atoms with Crippen LogP contribution in [-0.2, 0) is 16.8 Å². The Bertz CT molecular complexity index is 1070. The number of carbonyl (C=O) groups excluding carboxylic acids is 1. The fraction of sp³-hybridized carbons (Fsp3) is 0.348. The second kappa shape index (κ2) is 8.07. The van der Waals surface area contributed by atoms with Crippen molar-refractivity contribution < 1.29 is 9.53 Å². The van der Waals surface area contributed by atoms with Crippen LogP contribution in [-0.4, -0.2) is 23.2 Å². The molecule has 0 radical (unpaired) electrons. The van der Waals surface area contributed by atoms with E-state index < -0.39 is 0 Å². The van der Waals surface area contributed by atoms with Crippen molar-refractivity contribution in [3.8, 4) is 5.75 Å². The number of nitrogens with zero attached hydrogens (tertiary/aromatic N) is 1. The normalized spacial score (nSPS) is 15.8. The Morgan fingerprint density at radius 3 is 2.45 bits per heavy atom. The molecule has 1 fully saturated rings. The third-order valence-corrected chi connectivity index (χ3v) is 5.83. The molecule has 0 aliphatic heterocycles. The molecule has 2 aromatic carbocycles. The van der Waals surface area contributed by atoms with Crippen molar-refractivity contribution in [3.63, 3.8) is 0 Å². The molecule has 3 aromatic rings. The van der Waals surface area contributed by atoms with E-state index in [1.807, 2.05) is 42.5 Å². The average Bonchev–Trinajstić information content (AvgIpc) is 2.76. The van der Waals surface area contributed by atoms with Crippen molar-refractivity contribution in [2.75, 3.05) is 7.11 Å². The first-order chi connectivity index (χ1) is 14.1. The van der Waals surface area contributed by atoms with Crippen molar-refractivity contribution in [2.24, 2.45) is 0 Å². The summed E-state index contributed by atoms with van der Waals surface area (Å²) in [5.41, 5.74) is 1.07. The molecular formula is C23H25N3O3. The van der Waals surface area contributed by atoms with Crippen LogP contribution in [0.2, 0.25) is 0 Å². The highest BCUT2D eigenvalue weighted by atomic mass is 16.5. The second-order valence-corrected chi connectivity index (χ2v) is 7.64. The monoisotopic (exact) mass is 391 g/mol. The molecule has 0 saturated heterocycles. The molecule has 0 atom stereocenters. The number of aromatic amines is 1. The first-order valence-corrected chi connectivity index (χ1v) is 10.0. The molecule has 1 heterocycles. The molecule has 29 heavy (non-hydrogen) atoms. The van der Waals surface area contributed by atoms with Gasteiger partial charge >= 0.3 is 0 Å². The minimum Gasteiger partial charge on any atom is -0.497 e. The third-order valence-electron chi connectivity index (χ3n) is 5.83. The highest BCUT2D eigenvalue weighted by Crippen LogP contribution is 2.37. The molecule has 1 aromatic heterocycles. The van der Waals surface area contributed by atoms with Gasteiger partial charge in [0.15, 0.2) is 0 Å². The van der Waals surface area contributed by atoms with Crippen molar-refractivity contribution in [1.82, 2.24) is 15.5 Å². The molecule has 2 N–H and O–H groups in total. The molecule has 0 bridgehead atoms. The number of H-pyrrole nitrogens is 1. The van der Waals surface area contributed by atoms with E-state index in [-0.39, 0.29) is 23.4 Å². The van der Waals surface area contributed by atoms with Gasteiger partial charge in [0.25, 0.3) is 5.56 Å². The number of amides is 1. The Hall–Kier alpha value is -3.15. The van der Waals surface area contributed by atoms with E-state index in [9.17, 15) is 9.59 Å².